The highest BCUT2D eigenvalue weighted by molar-refractivity contribution is 7.66. The molecule has 1 saturated heterocycles. The Hall–Kier alpha value is -1.11. The number of aliphatic hydroxyl groups excluding tert-OH is 2. The van der Waals surface area contributed by atoms with Crippen molar-refractivity contribution >= 4 is 52.1 Å². The van der Waals surface area contributed by atoms with Crippen molar-refractivity contribution in [2.24, 2.45) is 0 Å². The molecule has 0 aromatic carbocycles. The molecule has 3 heterocycles. The minimum Gasteiger partial charge on any atom is -0.387 e. The molecule has 1 aliphatic heterocycles. The van der Waals surface area contributed by atoms with Crippen LogP contribution in [-0.2, 0) is 31.6 Å². The minimum atomic E-state index is -5.72. The maximum atomic E-state index is 11.8. The van der Waals surface area contributed by atoms with E-state index in [1.54, 1.807) is 0 Å². The number of hydrogen-bond donors (Lipinski definition) is 8. The van der Waals surface area contributed by atoms with Crippen molar-refractivity contribution in [3.05, 3.63) is 11.6 Å². The van der Waals surface area contributed by atoms with Gasteiger partial charge in [-0.1, -0.05) is 0 Å². The molecule has 1 fully saturated rings. The van der Waals surface area contributed by atoms with Gasteiger partial charge in [-0.25, -0.2) is 18.7 Å². The number of halogens is 1. The van der Waals surface area contributed by atoms with Gasteiger partial charge in [0.25, 0.3) is 0 Å². The average molecular weight is 559 g/mol. The Labute approximate surface area is 188 Å². The van der Waals surface area contributed by atoms with E-state index in [-0.39, 0.29) is 28.4 Å². The first kappa shape index (κ1) is 28.1. The van der Waals surface area contributed by atoms with E-state index in [9.17, 15) is 28.8 Å². The molecular weight excluding hydrogens is 541 g/mol. The monoisotopic (exact) mass is 558 g/mol. The van der Waals surface area contributed by atoms with Gasteiger partial charge >= 0.3 is 23.5 Å². The van der Waals surface area contributed by atoms with Crippen molar-refractivity contribution < 1.29 is 61.4 Å². The van der Waals surface area contributed by atoms with Gasteiger partial charge in [0.15, 0.2) is 17.7 Å². The van der Waals surface area contributed by atoms with E-state index in [2.05, 4.69) is 28.1 Å². The van der Waals surface area contributed by atoms with Gasteiger partial charge in [-0.05, 0) is 11.6 Å². The van der Waals surface area contributed by atoms with Gasteiger partial charge in [-0.15, -0.1) is 0 Å². The number of nitrogen functional groups attached to an aromatic ring is 1. The maximum absolute atomic E-state index is 11.8. The highest BCUT2D eigenvalue weighted by Gasteiger charge is 2.47. The van der Waals surface area contributed by atoms with Crippen molar-refractivity contribution in [3.8, 4) is 0 Å². The summed E-state index contributed by atoms with van der Waals surface area (Å²) >= 11 is 5.75. The number of aromatic nitrogens is 4. The number of phosphoric ester groups is 1. The summed E-state index contributed by atoms with van der Waals surface area (Å²) in [6.07, 6.45) is -5.05. The van der Waals surface area contributed by atoms with Gasteiger partial charge in [0.1, 0.15) is 23.8 Å². The molecule has 0 amide bonds. The van der Waals surface area contributed by atoms with Crippen molar-refractivity contribution in [3.63, 3.8) is 0 Å². The lowest BCUT2D eigenvalue weighted by Gasteiger charge is -2.19. The molecule has 2 unspecified atom stereocenters. The van der Waals surface area contributed by atoms with Gasteiger partial charge in [-0.3, -0.25) is 9.09 Å². The summed E-state index contributed by atoms with van der Waals surface area (Å²) in [7, 11) is -16.7. The van der Waals surface area contributed by atoms with Crippen LogP contribution in [0.2, 0.25) is 5.28 Å². The minimum absolute atomic E-state index is 0. The molecular formula is C10H18ClN6O13P3. The van der Waals surface area contributed by atoms with Crippen LogP contribution >= 0.6 is 35.1 Å². The van der Waals surface area contributed by atoms with E-state index in [0.717, 1.165) is 10.9 Å². The first-order valence-corrected chi connectivity index (χ1v) is 12.9. The van der Waals surface area contributed by atoms with Crippen LogP contribution in [0.1, 0.15) is 6.23 Å². The molecule has 0 radical (unpaired) electrons. The summed E-state index contributed by atoms with van der Waals surface area (Å²) in [4.78, 5) is 47.2. The quantitative estimate of drug-likeness (QED) is 0.145. The zero-order chi connectivity index (χ0) is 24.1. The summed E-state index contributed by atoms with van der Waals surface area (Å²) in [5.41, 5.74) is 5.83. The molecule has 0 bridgehead atoms. The summed E-state index contributed by atoms with van der Waals surface area (Å²) in [5, 5.41) is 20.2. The van der Waals surface area contributed by atoms with Crippen LogP contribution in [0, 0.1) is 0 Å². The van der Waals surface area contributed by atoms with Gasteiger partial charge in [0.05, 0.1) is 12.9 Å². The molecule has 0 spiro atoms. The standard InChI is InChI=1S/C10H15ClN5O13P3.H3N/c11-10-14-7(12)4-8(15-10)16(2-13-4)9-6(18)5(17)3(27-9)1-26-31(22,23)29-32(24,25)28-30(19,20)21;/h2-3,5-6,9,17-18H,1H2,(H,22,23)(H,24,25)(H2,12,14,15)(H2,19,20,21);1H3/t3-,5-,6-,9-;/m1./s1. The highest BCUT2D eigenvalue weighted by Crippen LogP contribution is 2.66. The Morgan fingerprint density at radius 1 is 1.09 bits per heavy atom. The number of nitrogens with two attached hydrogens (primary N) is 1. The zero-order valence-corrected chi connectivity index (χ0v) is 19.4. The number of nitrogens with zero attached hydrogens (tertiary/aromatic N) is 4. The van der Waals surface area contributed by atoms with Crippen LogP contribution in [-0.4, -0.2) is 74.2 Å². The lowest BCUT2D eigenvalue weighted by atomic mass is 10.1. The molecule has 19 nitrogen and oxygen atoms in total. The topological polar surface area (TPSA) is 314 Å². The number of fused-ring (bicyclic) bond motifs is 1. The largest absolute Gasteiger partial charge is 0.490 e. The van der Waals surface area contributed by atoms with Crippen molar-refractivity contribution in [1.29, 1.82) is 0 Å². The van der Waals surface area contributed by atoms with Crippen LogP contribution in [0.3, 0.4) is 0 Å². The molecule has 6 atom stereocenters. The van der Waals surface area contributed by atoms with Crippen LogP contribution in [0.5, 0.6) is 0 Å². The SMILES string of the molecule is N.Nc1nc(Cl)nc2c1ncn2[C@@H]1O[C@H](COP(=O)(O)OP(=O)(O)OP(=O)(O)O)[C@@H](O)[C@H]1O. The Kier molecular flexibility index (Phi) is 8.41. The molecule has 188 valence electrons. The van der Waals surface area contributed by atoms with E-state index in [4.69, 9.17) is 36.8 Å². The predicted octanol–water partition coefficient (Wildman–Crippen LogP) is -0.814. The Morgan fingerprint density at radius 2 is 1.73 bits per heavy atom. The fourth-order valence-electron chi connectivity index (χ4n) is 2.66. The molecule has 1 aliphatic rings. The Bertz CT molecular complexity index is 1160. The molecule has 2 aromatic rings. The third-order valence-corrected chi connectivity index (χ3v) is 7.82. The predicted molar refractivity (Wildman–Crippen MR) is 106 cm³/mol. The van der Waals surface area contributed by atoms with Gasteiger partial charge in [-0.2, -0.15) is 18.6 Å². The number of anilines is 1. The van der Waals surface area contributed by atoms with Crippen LogP contribution in [0.25, 0.3) is 11.2 Å². The average Bonchev–Trinajstić information content (AvgIpc) is 3.12. The third-order valence-electron chi connectivity index (χ3n) is 3.85. The van der Waals surface area contributed by atoms with E-state index in [1.807, 2.05) is 0 Å². The number of phosphoric acid groups is 3. The summed E-state index contributed by atoms with van der Waals surface area (Å²) in [6.45, 7) is -0.983. The van der Waals surface area contributed by atoms with Gasteiger partial charge in [0.2, 0.25) is 5.28 Å². The van der Waals surface area contributed by atoms with E-state index in [1.165, 1.54) is 0 Å². The highest BCUT2D eigenvalue weighted by atomic mass is 35.5. The van der Waals surface area contributed by atoms with Crippen molar-refractivity contribution in [1.82, 2.24) is 25.7 Å². The second-order valence-electron chi connectivity index (χ2n) is 6.13. The summed E-state index contributed by atoms with van der Waals surface area (Å²) in [6, 6.07) is 0. The smallest absolute Gasteiger partial charge is 0.387 e. The maximum Gasteiger partial charge on any atom is 0.490 e. The zero-order valence-electron chi connectivity index (χ0n) is 15.9. The molecule has 23 heteroatoms. The fraction of sp³-hybridized carbons (Fsp3) is 0.500. The lowest BCUT2D eigenvalue weighted by molar-refractivity contribution is -0.0503. The summed E-state index contributed by atoms with van der Waals surface area (Å²) < 4.78 is 51.9. The molecule has 0 saturated carbocycles. The van der Waals surface area contributed by atoms with Crippen LogP contribution < -0.4 is 11.9 Å². The number of imidazole rings is 1. The van der Waals surface area contributed by atoms with E-state index < -0.39 is 54.6 Å². The number of ether oxygens (including phenoxy) is 1. The molecule has 2 aromatic heterocycles. The van der Waals surface area contributed by atoms with Gasteiger partial charge < -0.3 is 46.4 Å². The first-order valence-electron chi connectivity index (χ1n) is 8.04. The molecule has 0 aliphatic carbocycles. The lowest BCUT2D eigenvalue weighted by Crippen LogP contribution is -2.33. The molecule has 33 heavy (non-hydrogen) atoms. The summed E-state index contributed by atoms with van der Waals surface area (Å²) in [5.74, 6) is -0.0732. The fourth-order valence-corrected chi connectivity index (χ4v) is 5.87. The normalized spacial score (nSPS) is 27.1. The Morgan fingerprint density at radius 3 is 2.33 bits per heavy atom. The van der Waals surface area contributed by atoms with E-state index in [0.29, 0.717) is 0 Å². The Balaban J connectivity index is 0.00000385. The second kappa shape index (κ2) is 9.87. The number of rotatable bonds is 8. The number of aliphatic hydroxyl groups is 2. The van der Waals surface area contributed by atoms with Crippen LogP contribution in [0.15, 0.2) is 6.33 Å². The third kappa shape index (κ3) is 6.73. The van der Waals surface area contributed by atoms with Crippen molar-refractivity contribution in [2.45, 2.75) is 24.5 Å². The van der Waals surface area contributed by atoms with E-state index >= 15 is 0 Å². The second-order valence-corrected chi connectivity index (χ2v) is 10.9. The molecule has 3 rings (SSSR count). The van der Waals surface area contributed by atoms with Crippen LogP contribution in [0.4, 0.5) is 5.82 Å². The molecule has 11 N–H and O–H groups in total. The van der Waals surface area contributed by atoms with Gasteiger partial charge in [0, 0.05) is 0 Å². The first-order chi connectivity index (χ1) is 14.6. The number of hydrogen-bond acceptors (Lipinski definition) is 14. The van der Waals surface area contributed by atoms with Crippen molar-refractivity contribution in [2.75, 3.05) is 12.3 Å².